The minimum atomic E-state index is -0.895. The molecule has 4 nitrogen and oxygen atoms in total. The third-order valence-electron chi connectivity index (χ3n) is 2.00. The topological polar surface area (TPSA) is 57.8 Å². The number of H-pyrrole nitrogens is 1. The molecular weight excluding hydrogens is 252 g/mol. The summed E-state index contributed by atoms with van der Waals surface area (Å²) >= 11 is 5.37. The second kappa shape index (κ2) is 4.50. The highest BCUT2D eigenvalue weighted by atomic mass is 35.5. The first-order valence-electron chi connectivity index (χ1n) is 4.53. The molecule has 0 spiro atoms. The van der Waals surface area contributed by atoms with Crippen molar-refractivity contribution in [2.75, 3.05) is 5.32 Å². The van der Waals surface area contributed by atoms with Gasteiger partial charge < -0.3 is 5.32 Å². The van der Waals surface area contributed by atoms with Gasteiger partial charge in [-0.05, 0) is 12.1 Å². The zero-order valence-electron chi connectivity index (χ0n) is 8.30. The van der Waals surface area contributed by atoms with Crippen molar-refractivity contribution >= 4 is 23.3 Å². The van der Waals surface area contributed by atoms with Crippen molar-refractivity contribution < 1.29 is 13.6 Å². The first-order chi connectivity index (χ1) is 8.08. The summed E-state index contributed by atoms with van der Waals surface area (Å²) in [5, 5.41) is 8.00. The van der Waals surface area contributed by atoms with Gasteiger partial charge in [-0.15, -0.1) is 0 Å². The van der Waals surface area contributed by atoms with Gasteiger partial charge in [0, 0.05) is 6.07 Å². The number of nitrogens with zero attached hydrogens (tertiary/aromatic N) is 1. The van der Waals surface area contributed by atoms with Crippen molar-refractivity contribution in [2.45, 2.75) is 0 Å². The number of aromatic amines is 1. The molecule has 0 aliphatic rings. The first-order valence-corrected chi connectivity index (χ1v) is 4.91. The molecule has 17 heavy (non-hydrogen) atoms. The summed E-state index contributed by atoms with van der Waals surface area (Å²) in [6, 6.07) is 2.96. The van der Waals surface area contributed by atoms with E-state index in [4.69, 9.17) is 11.6 Å². The Morgan fingerprint density at radius 2 is 2.12 bits per heavy atom. The third kappa shape index (κ3) is 2.42. The third-order valence-corrected chi connectivity index (χ3v) is 2.29. The largest absolute Gasteiger partial charge is 0.307 e. The zero-order chi connectivity index (χ0) is 12.4. The summed E-state index contributed by atoms with van der Waals surface area (Å²) in [5.74, 6) is -2.26. The van der Waals surface area contributed by atoms with Crippen molar-refractivity contribution in [1.82, 2.24) is 10.2 Å². The molecule has 1 aromatic carbocycles. The zero-order valence-corrected chi connectivity index (χ0v) is 9.05. The van der Waals surface area contributed by atoms with E-state index in [1.54, 1.807) is 0 Å². The number of nitrogens with one attached hydrogen (secondary N) is 2. The number of hydrogen-bond donors (Lipinski definition) is 2. The van der Waals surface area contributed by atoms with Crippen molar-refractivity contribution in [3.8, 4) is 0 Å². The lowest BCUT2D eigenvalue weighted by Gasteiger charge is -2.04. The average Bonchev–Trinajstić information content (AvgIpc) is 2.76. The predicted molar refractivity (Wildman–Crippen MR) is 57.9 cm³/mol. The maximum absolute atomic E-state index is 13.4. The van der Waals surface area contributed by atoms with Crippen LogP contribution in [0.2, 0.25) is 5.02 Å². The Morgan fingerprint density at radius 3 is 2.76 bits per heavy atom. The van der Waals surface area contributed by atoms with Gasteiger partial charge in [-0.3, -0.25) is 9.89 Å². The quantitative estimate of drug-likeness (QED) is 0.813. The molecule has 0 aliphatic heterocycles. The van der Waals surface area contributed by atoms with Gasteiger partial charge in [-0.2, -0.15) is 5.10 Å². The summed E-state index contributed by atoms with van der Waals surface area (Å²) in [7, 11) is 0. The summed E-state index contributed by atoms with van der Waals surface area (Å²) in [6.07, 6.45) is 1.41. The predicted octanol–water partition coefficient (Wildman–Crippen LogP) is 2.59. The fraction of sp³-hybridized carbons (Fsp3) is 0. The fourth-order valence-electron chi connectivity index (χ4n) is 1.21. The van der Waals surface area contributed by atoms with Gasteiger partial charge in [0.15, 0.2) is 0 Å². The standard InChI is InChI=1S/C10H6ClF2N3O/c11-6-4-7(12)5(3-8(6)13)10(17)15-9-1-2-14-16-9/h1-4H,(H2,14,15,16,17). The summed E-state index contributed by atoms with van der Waals surface area (Å²) in [6.45, 7) is 0. The maximum atomic E-state index is 13.4. The van der Waals surface area contributed by atoms with E-state index in [1.165, 1.54) is 12.3 Å². The Balaban J connectivity index is 2.28. The Labute approximate surface area is 99.6 Å². The number of carbonyl (C=O) groups excluding carboxylic acids is 1. The van der Waals surface area contributed by atoms with Crippen LogP contribution in [0.4, 0.5) is 14.6 Å². The monoisotopic (exact) mass is 257 g/mol. The average molecular weight is 258 g/mol. The molecule has 0 saturated carbocycles. The van der Waals surface area contributed by atoms with E-state index in [2.05, 4.69) is 15.5 Å². The van der Waals surface area contributed by atoms with Gasteiger partial charge in [0.25, 0.3) is 5.91 Å². The van der Waals surface area contributed by atoms with Crippen LogP contribution in [-0.4, -0.2) is 16.1 Å². The highest BCUT2D eigenvalue weighted by molar-refractivity contribution is 6.30. The molecule has 1 heterocycles. The molecule has 1 aromatic heterocycles. The fourth-order valence-corrected chi connectivity index (χ4v) is 1.36. The summed E-state index contributed by atoms with van der Waals surface area (Å²) < 4.78 is 26.5. The van der Waals surface area contributed by atoms with Crippen LogP contribution in [0.3, 0.4) is 0 Å². The highest BCUT2D eigenvalue weighted by Gasteiger charge is 2.15. The van der Waals surface area contributed by atoms with Crippen molar-refractivity contribution in [1.29, 1.82) is 0 Å². The number of amides is 1. The number of benzene rings is 1. The Kier molecular flexibility index (Phi) is 3.06. The number of carbonyl (C=O) groups is 1. The minimum Gasteiger partial charge on any atom is -0.307 e. The molecule has 7 heteroatoms. The molecule has 0 atom stereocenters. The minimum absolute atomic E-state index is 0.282. The molecule has 2 N–H and O–H groups in total. The van der Waals surface area contributed by atoms with E-state index in [-0.39, 0.29) is 10.8 Å². The van der Waals surface area contributed by atoms with E-state index in [1.807, 2.05) is 0 Å². The Hall–Kier alpha value is -1.95. The first kappa shape index (κ1) is 11.5. The maximum Gasteiger partial charge on any atom is 0.259 e. The van der Waals surface area contributed by atoms with Crippen molar-refractivity contribution in [2.24, 2.45) is 0 Å². The molecule has 1 amide bonds. The van der Waals surface area contributed by atoms with Gasteiger partial charge in [-0.1, -0.05) is 11.6 Å². The Morgan fingerprint density at radius 1 is 1.35 bits per heavy atom. The smallest absolute Gasteiger partial charge is 0.259 e. The van der Waals surface area contributed by atoms with Crippen LogP contribution in [0.5, 0.6) is 0 Å². The number of aromatic nitrogens is 2. The number of hydrogen-bond acceptors (Lipinski definition) is 2. The SMILES string of the molecule is O=C(Nc1ccn[nH]1)c1cc(F)c(Cl)cc1F. The summed E-state index contributed by atoms with van der Waals surface area (Å²) in [4.78, 5) is 11.6. The van der Waals surface area contributed by atoms with Gasteiger partial charge in [-0.25, -0.2) is 8.78 Å². The van der Waals surface area contributed by atoms with Crippen LogP contribution in [0.15, 0.2) is 24.4 Å². The molecule has 0 unspecified atom stereocenters. The normalized spacial score (nSPS) is 10.3. The second-order valence-corrected chi connectivity index (χ2v) is 3.58. The van der Waals surface area contributed by atoms with Crippen LogP contribution in [0.25, 0.3) is 0 Å². The Bertz CT molecular complexity index is 557. The van der Waals surface area contributed by atoms with E-state index in [9.17, 15) is 13.6 Å². The van der Waals surface area contributed by atoms with Gasteiger partial charge in [0.1, 0.15) is 17.5 Å². The molecule has 0 radical (unpaired) electrons. The molecule has 2 rings (SSSR count). The van der Waals surface area contributed by atoms with E-state index < -0.39 is 23.1 Å². The number of halogens is 3. The lowest BCUT2D eigenvalue weighted by molar-refractivity contribution is 0.102. The summed E-state index contributed by atoms with van der Waals surface area (Å²) in [5.41, 5.74) is -0.429. The molecule has 0 saturated heterocycles. The van der Waals surface area contributed by atoms with Crippen LogP contribution >= 0.6 is 11.6 Å². The van der Waals surface area contributed by atoms with Gasteiger partial charge in [0.05, 0.1) is 16.8 Å². The molecule has 88 valence electrons. The molecule has 0 fully saturated rings. The van der Waals surface area contributed by atoms with E-state index in [0.29, 0.717) is 0 Å². The number of rotatable bonds is 2. The van der Waals surface area contributed by atoms with Crippen LogP contribution in [0, 0.1) is 11.6 Å². The van der Waals surface area contributed by atoms with E-state index in [0.717, 1.165) is 12.1 Å². The molecule has 2 aromatic rings. The van der Waals surface area contributed by atoms with Gasteiger partial charge >= 0.3 is 0 Å². The molecule has 0 aliphatic carbocycles. The second-order valence-electron chi connectivity index (χ2n) is 3.17. The van der Waals surface area contributed by atoms with Crippen LogP contribution < -0.4 is 5.32 Å². The van der Waals surface area contributed by atoms with Crippen LogP contribution in [0.1, 0.15) is 10.4 Å². The van der Waals surface area contributed by atoms with Crippen molar-refractivity contribution in [3.05, 3.63) is 46.6 Å². The lowest BCUT2D eigenvalue weighted by Crippen LogP contribution is -2.14. The van der Waals surface area contributed by atoms with Gasteiger partial charge in [0.2, 0.25) is 0 Å². The number of anilines is 1. The van der Waals surface area contributed by atoms with Crippen LogP contribution in [-0.2, 0) is 0 Å². The highest BCUT2D eigenvalue weighted by Crippen LogP contribution is 2.19. The molecule has 0 bridgehead atoms. The molecular formula is C10H6ClF2N3O. The van der Waals surface area contributed by atoms with Crippen molar-refractivity contribution in [3.63, 3.8) is 0 Å². The lowest BCUT2D eigenvalue weighted by atomic mass is 10.2. The van der Waals surface area contributed by atoms with E-state index >= 15 is 0 Å².